The van der Waals surface area contributed by atoms with E-state index >= 15 is 0 Å². The van der Waals surface area contributed by atoms with Crippen LogP contribution in [0.25, 0.3) is 0 Å². The number of nitrogens with one attached hydrogen (secondary N) is 1. The standard InChI is InChI=1S/C14H15F2NO3/c1-7(9-3-2-8(15)4-12(9)16)6-17-13(18)10-5-11(10)14(19)20/h2-4,7,10-11H,5-6H2,1H3,(H,17,18)(H,19,20)/t7-,10+,11-/m1/s1. The summed E-state index contributed by atoms with van der Waals surface area (Å²) >= 11 is 0. The fourth-order valence-corrected chi connectivity index (χ4v) is 2.15. The van der Waals surface area contributed by atoms with Gasteiger partial charge < -0.3 is 10.4 Å². The minimum Gasteiger partial charge on any atom is -0.481 e. The van der Waals surface area contributed by atoms with Crippen molar-refractivity contribution >= 4 is 11.9 Å². The highest BCUT2D eigenvalue weighted by Crippen LogP contribution is 2.38. The molecule has 1 aliphatic rings. The summed E-state index contributed by atoms with van der Waals surface area (Å²) in [6, 6.07) is 3.31. The Morgan fingerprint density at radius 2 is 2.10 bits per heavy atom. The number of carboxylic acids is 1. The molecule has 2 rings (SSSR count). The Kier molecular flexibility index (Phi) is 4.01. The first-order chi connectivity index (χ1) is 9.40. The highest BCUT2D eigenvalue weighted by Gasteiger charge is 2.48. The molecule has 108 valence electrons. The van der Waals surface area contributed by atoms with Crippen molar-refractivity contribution in [2.75, 3.05) is 6.54 Å². The molecule has 0 bridgehead atoms. The Morgan fingerprint density at radius 1 is 1.40 bits per heavy atom. The number of carboxylic acid groups (broad SMARTS) is 1. The SMILES string of the molecule is C[C@H](CNC(=O)[C@H]1C[C@H]1C(=O)O)c1ccc(F)cc1F. The number of amides is 1. The summed E-state index contributed by atoms with van der Waals surface area (Å²) in [6.45, 7) is 1.89. The third-order valence-corrected chi connectivity index (χ3v) is 3.52. The Labute approximate surface area is 114 Å². The molecule has 0 aromatic heterocycles. The summed E-state index contributed by atoms with van der Waals surface area (Å²) in [6.07, 6.45) is 0.348. The number of benzene rings is 1. The van der Waals surface area contributed by atoms with Crippen molar-refractivity contribution in [2.24, 2.45) is 11.8 Å². The molecule has 1 aliphatic carbocycles. The largest absolute Gasteiger partial charge is 0.481 e. The van der Waals surface area contributed by atoms with E-state index in [2.05, 4.69) is 5.32 Å². The van der Waals surface area contributed by atoms with Gasteiger partial charge in [-0.2, -0.15) is 0 Å². The number of hydrogen-bond acceptors (Lipinski definition) is 2. The van der Waals surface area contributed by atoms with Crippen LogP contribution < -0.4 is 5.32 Å². The zero-order chi connectivity index (χ0) is 14.9. The second-order valence-electron chi connectivity index (χ2n) is 5.10. The Morgan fingerprint density at radius 3 is 2.65 bits per heavy atom. The lowest BCUT2D eigenvalue weighted by molar-refractivity contribution is -0.140. The van der Waals surface area contributed by atoms with E-state index in [4.69, 9.17) is 5.11 Å². The lowest BCUT2D eigenvalue weighted by Gasteiger charge is -2.14. The molecule has 4 nitrogen and oxygen atoms in total. The Hall–Kier alpha value is -1.98. The second kappa shape index (κ2) is 5.56. The van der Waals surface area contributed by atoms with Crippen LogP contribution in [0.1, 0.15) is 24.8 Å². The highest BCUT2D eigenvalue weighted by atomic mass is 19.1. The van der Waals surface area contributed by atoms with E-state index in [1.165, 1.54) is 6.07 Å². The van der Waals surface area contributed by atoms with Crippen LogP contribution in [0.5, 0.6) is 0 Å². The number of aliphatic carboxylic acids is 1. The molecule has 6 heteroatoms. The smallest absolute Gasteiger partial charge is 0.307 e. The number of carbonyl (C=O) groups excluding carboxylic acids is 1. The normalized spacial score (nSPS) is 22.1. The van der Waals surface area contributed by atoms with Crippen molar-refractivity contribution in [1.82, 2.24) is 5.32 Å². The van der Waals surface area contributed by atoms with E-state index in [1.54, 1.807) is 6.92 Å². The quantitative estimate of drug-likeness (QED) is 0.867. The fraction of sp³-hybridized carbons (Fsp3) is 0.429. The van der Waals surface area contributed by atoms with E-state index in [1.807, 2.05) is 0 Å². The summed E-state index contributed by atoms with van der Waals surface area (Å²) < 4.78 is 26.3. The average molecular weight is 283 g/mol. The van der Waals surface area contributed by atoms with Gasteiger partial charge in [0.15, 0.2) is 0 Å². The van der Waals surface area contributed by atoms with E-state index < -0.39 is 29.4 Å². The first kappa shape index (κ1) is 14.4. The van der Waals surface area contributed by atoms with Crippen molar-refractivity contribution in [3.8, 4) is 0 Å². The average Bonchev–Trinajstić information content (AvgIpc) is 3.15. The topological polar surface area (TPSA) is 66.4 Å². The molecule has 1 aromatic carbocycles. The van der Waals surface area contributed by atoms with Gasteiger partial charge in [0.1, 0.15) is 11.6 Å². The first-order valence-corrected chi connectivity index (χ1v) is 6.35. The van der Waals surface area contributed by atoms with Gasteiger partial charge in [-0.1, -0.05) is 13.0 Å². The summed E-state index contributed by atoms with van der Waals surface area (Å²) in [4.78, 5) is 22.3. The minimum absolute atomic E-state index is 0.185. The molecule has 0 aliphatic heterocycles. The van der Waals surface area contributed by atoms with Crippen LogP contribution in [0.15, 0.2) is 18.2 Å². The van der Waals surface area contributed by atoms with Gasteiger partial charge >= 0.3 is 5.97 Å². The van der Waals surface area contributed by atoms with Crippen LogP contribution in [0.4, 0.5) is 8.78 Å². The second-order valence-corrected chi connectivity index (χ2v) is 5.10. The van der Waals surface area contributed by atoms with E-state index in [9.17, 15) is 18.4 Å². The lowest BCUT2D eigenvalue weighted by Crippen LogP contribution is -2.30. The van der Waals surface area contributed by atoms with Gasteiger partial charge in [-0.05, 0) is 18.1 Å². The maximum Gasteiger partial charge on any atom is 0.307 e. The van der Waals surface area contributed by atoms with Gasteiger partial charge in [0.05, 0.1) is 11.8 Å². The van der Waals surface area contributed by atoms with Crippen LogP contribution in [0.3, 0.4) is 0 Å². The van der Waals surface area contributed by atoms with Crippen molar-refractivity contribution < 1.29 is 23.5 Å². The van der Waals surface area contributed by atoms with E-state index in [0.717, 1.165) is 12.1 Å². The maximum absolute atomic E-state index is 13.5. The molecule has 0 spiro atoms. The Bertz CT molecular complexity index is 547. The summed E-state index contributed by atoms with van der Waals surface area (Å²) in [5.41, 5.74) is 0.317. The van der Waals surface area contributed by atoms with Gasteiger partial charge in [0.25, 0.3) is 0 Å². The van der Waals surface area contributed by atoms with Crippen molar-refractivity contribution in [2.45, 2.75) is 19.3 Å². The number of halogens is 2. The molecule has 0 saturated heterocycles. The molecule has 0 radical (unpaired) electrons. The Balaban J connectivity index is 1.88. The van der Waals surface area contributed by atoms with Gasteiger partial charge in [-0.3, -0.25) is 9.59 Å². The highest BCUT2D eigenvalue weighted by molar-refractivity contribution is 5.89. The summed E-state index contributed by atoms with van der Waals surface area (Å²) in [5, 5.41) is 11.3. The molecule has 0 heterocycles. The van der Waals surface area contributed by atoms with Gasteiger partial charge in [0, 0.05) is 18.5 Å². The molecule has 3 atom stereocenters. The molecule has 1 amide bonds. The zero-order valence-electron chi connectivity index (χ0n) is 10.9. The first-order valence-electron chi connectivity index (χ1n) is 6.35. The van der Waals surface area contributed by atoms with Crippen LogP contribution in [-0.4, -0.2) is 23.5 Å². The van der Waals surface area contributed by atoms with Crippen LogP contribution in [0, 0.1) is 23.5 Å². The molecule has 1 aromatic rings. The molecule has 20 heavy (non-hydrogen) atoms. The predicted molar refractivity (Wildman–Crippen MR) is 67.0 cm³/mol. The van der Waals surface area contributed by atoms with Crippen LogP contribution in [0.2, 0.25) is 0 Å². The van der Waals surface area contributed by atoms with E-state index in [-0.39, 0.29) is 18.4 Å². The molecule has 1 saturated carbocycles. The van der Waals surface area contributed by atoms with E-state index in [0.29, 0.717) is 12.0 Å². The number of carbonyl (C=O) groups is 2. The van der Waals surface area contributed by atoms with Crippen LogP contribution in [-0.2, 0) is 9.59 Å². The molecule has 0 unspecified atom stereocenters. The predicted octanol–water partition coefficient (Wildman–Crippen LogP) is 1.91. The van der Waals surface area contributed by atoms with Gasteiger partial charge in [0.2, 0.25) is 5.91 Å². The number of rotatable bonds is 5. The third kappa shape index (κ3) is 3.12. The van der Waals surface area contributed by atoms with Gasteiger partial charge in [-0.25, -0.2) is 8.78 Å². The zero-order valence-corrected chi connectivity index (χ0v) is 10.9. The van der Waals surface area contributed by atoms with Gasteiger partial charge in [-0.15, -0.1) is 0 Å². The van der Waals surface area contributed by atoms with Crippen molar-refractivity contribution in [3.63, 3.8) is 0 Å². The molecule has 1 fully saturated rings. The minimum atomic E-state index is -0.970. The molecular formula is C14H15F2NO3. The summed E-state index contributed by atoms with van der Waals surface area (Å²) in [5.74, 6) is -4.01. The monoisotopic (exact) mass is 283 g/mol. The van der Waals surface area contributed by atoms with Crippen molar-refractivity contribution in [1.29, 1.82) is 0 Å². The molecule has 2 N–H and O–H groups in total. The molecular weight excluding hydrogens is 268 g/mol. The van der Waals surface area contributed by atoms with Crippen LogP contribution >= 0.6 is 0 Å². The lowest BCUT2D eigenvalue weighted by atomic mass is 10.0. The summed E-state index contributed by atoms with van der Waals surface area (Å²) in [7, 11) is 0. The number of hydrogen-bond donors (Lipinski definition) is 2. The third-order valence-electron chi connectivity index (χ3n) is 3.52. The van der Waals surface area contributed by atoms with Crippen molar-refractivity contribution in [3.05, 3.63) is 35.4 Å². The maximum atomic E-state index is 13.5. The fourth-order valence-electron chi connectivity index (χ4n) is 2.15.